The van der Waals surface area contributed by atoms with Crippen LogP contribution in [0.15, 0.2) is 53.6 Å². The van der Waals surface area contributed by atoms with Crippen molar-refractivity contribution in [1.82, 2.24) is 5.43 Å². The smallest absolute Gasteiger partial charge is 0.271 e. The number of rotatable bonds is 5. The van der Waals surface area contributed by atoms with Crippen LogP contribution in [0.25, 0.3) is 0 Å². The van der Waals surface area contributed by atoms with Gasteiger partial charge in [-0.05, 0) is 49.2 Å². The largest absolute Gasteiger partial charge is 0.322 e. The lowest BCUT2D eigenvalue weighted by molar-refractivity contribution is 0.0954. The number of hydrazone groups is 1. The van der Waals surface area contributed by atoms with E-state index in [1.54, 1.807) is 36.5 Å². The normalized spacial score (nSPS) is 10.8. The van der Waals surface area contributed by atoms with Crippen LogP contribution in [0.2, 0.25) is 0 Å². The lowest BCUT2D eigenvalue weighted by atomic mass is 10.1. The summed E-state index contributed by atoms with van der Waals surface area (Å²) in [6.07, 6.45) is 1.66. The van der Waals surface area contributed by atoms with Gasteiger partial charge in [-0.2, -0.15) is 5.10 Å². The van der Waals surface area contributed by atoms with Gasteiger partial charge < -0.3 is 5.32 Å². The monoisotopic (exact) mass is 323 g/mol. The van der Waals surface area contributed by atoms with Gasteiger partial charge in [-0.15, -0.1) is 0 Å². The van der Waals surface area contributed by atoms with E-state index in [1.807, 2.05) is 39.0 Å². The summed E-state index contributed by atoms with van der Waals surface area (Å²) in [5.41, 5.74) is 5.19. The Labute approximate surface area is 141 Å². The van der Waals surface area contributed by atoms with E-state index in [0.717, 1.165) is 5.56 Å². The molecule has 124 valence electrons. The Kier molecular flexibility index (Phi) is 5.84. The molecule has 0 fully saturated rings. The highest BCUT2D eigenvalue weighted by molar-refractivity contribution is 6.04. The molecule has 0 aliphatic rings. The predicted octanol–water partition coefficient (Wildman–Crippen LogP) is 3.62. The number of hydrogen-bond donors (Lipinski definition) is 2. The molecule has 0 bridgehead atoms. The van der Waals surface area contributed by atoms with Gasteiger partial charge >= 0.3 is 0 Å². The number of benzene rings is 2. The summed E-state index contributed by atoms with van der Waals surface area (Å²) in [6.45, 7) is 5.88. The topological polar surface area (TPSA) is 70.6 Å². The first-order chi connectivity index (χ1) is 11.5. The van der Waals surface area contributed by atoms with E-state index in [-0.39, 0.29) is 17.7 Å². The second kappa shape index (κ2) is 8.06. The lowest BCUT2D eigenvalue weighted by Gasteiger charge is -2.07. The fourth-order valence-corrected chi connectivity index (χ4v) is 2.00. The van der Waals surface area contributed by atoms with E-state index in [0.29, 0.717) is 16.8 Å². The molecular weight excluding hydrogens is 302 g/mol. The quantitative estimate of drug-likeness (QED) is 0.652. The maximum atomic E-state index is 12.2. The molecule has 2 N–H and O–H groups in total. The maximum Gasteiger partial charge on any atom is 0.271 e. The molecule has 2 aromatic rings. The van der Waals surface area contributed by atoms with E-state index < -0.39 is 0 Å². The number of carbonyl (C=O) groups excluding carboxylic acids is 2. The Balaban J connectivity index is 1.99. The van der Waals surface area contributed by atoms with Gasteiger partial charge in [0.1, 0.15) is 0 Å². The average molecular weight is 323 g/mol. The molecule has 0 aliphatic carbocycles. The van der Waals surface area contributed by atoms with Crippen LogP contribution in [0.5, 0.6) is 0 Å². The molecule has 0 aromatic heterocycles. The number of aryl methyl sites for hydroxylation is 1. The van der Waals surface area contributed by atoms with Crippen LogP contribution in [0.4, 0.5) is 5.69 Å². The van der Waals surface area contributed by atoms with Gasteiger partial charge in [0, 0.05) is 23.0 Å². The number of carbonyl (C=O) groups is 2. The van der Waals surface area contributed by atoms with Crippen molar-refractivity contribution in [3.63, 3.8) is 0 Å². The molecule has 2 rings (SSSR count). The van der Waals surface area contributed by atoms with E-state index in [2.05, 4.69) is 15.8 Å². The molecule has 0 spiro atoms. The summed E-state index contributed by atoms with van der Waals surface area (Å²) < 4.78 is 0. The number of anilines is 1. The van der Waals surface area contributed by atoms with E-state index >= 15 is 0 Å². The molecule has 0 atom stereocenters. The molecule has 0 radical (unpaired) electrons. The first kappa shape index (κ1) is 17.4. The van der Waals surface area contributed by atoms with Gasteiger partial charge in [-0.3, -0.25) is 9.59 Å². The third-order valence-electron chi connectivity index (χ3n) is 3.22. The minimum atomic E-state index is -0.288. The van der Waals surface area contributed by atoms with Gasteiger partial charge in [0.15, 0.2) is 0 Å². The molecule has 2 amide bonds. The molecule has 0 unspecified atom stereocenters. The number of hydrogen-bond acceptors (Lipinski definition) is 3. The summed E-state index contributed by atoms with van der Waals surface area (Å²) in [5.74, 6) is -0.203. The lowest BCUT2D eigenvalue weighted by Crippen LogP contribution is -2.18. The number of nitrogens with one attached hydrogen (secondary N) is 2. The third kappa shape index (κ3) is 5.05. The molecule has 24 heavy (non-hydrogen) atoms. The highest BCUT2D eigenvalue weighted by Crippen LogP contribution is 2.12. The fourth-order valence-electron chi connectivity index (χ4n) is 2.00. The SMILES string of the molecule is Cc1cccc(C(=O)Nc2ccc(C(=O)N/N=C/C(C)C)cc2)c1. The van der Waals surface area contributed by atoms with Crippen molar-refractivity contribution in [3.8, 4) is 0 Å². The van der Waals surface area contributed by atoms with Crippen molar-refractivity contribution in [2.75, 3.05) is 5.32 Å². The van der Waals surface area contributed by atoms with E-state index in [1.165, 1.54) is 0 Å². The van der Waals surface area contributed by atoms with E-state index in [4.69, 9.17) is 0 Å². The maximum absolute atomic E-state index is 12.2. The molecule has 0 saturated carbocycles. The summed E-state index contributed by atoms with van der Waals surface area (Å²) in [6, 6.07) is 14.0. The molecule has 0 heterocycles. The first-order valence-electron chi connectivity index (χ1n) is 7.77. The van der Waals surface area contributed by atoms with Crippen molar-refractivity contribution in [2.45, 2.75) is 20.8 Å². The van der Waals surface area contributed by atoms with Crippen molar-refractivity contribution in [3.05, 3.63) is 65.2 Å². The number of amides is 2. The van der Waals surface area contributed by atoms with Crippen molar-refractivity contribution < 1.29 is 9.59 Å². The molecular formula is C19H21N3O2. The van der Waals surface area contributed by atoms with E-state index in [9.17, 15) is 9.59 Å². The predicted molar refractivity (Wildman–Crippen MR) is 96.4 cm³/mol. The van der Waals surface area contributed by atoms with Crippen LogP contribution in [0.1, 0.15) is 40.1 Å². The molecule has 5 nitrogen and oxygen atoms in total. The Morgan fingerprint density at radius 2 is 1.71 bits per heavy atom. The zero-order valence-electron chi connectivity index (χ0n) is 14.0. The van der Waals surface area contributed by atoms with Gasteiger partial charge in [0.25, 0.3) is 11.8 Å². The number of nitrogens with zero attached hydrogens (tertiary/aromatic N) is 1. The first-order valence-corrected chi connectivity index (χ1v) is 7.77. The van der Waals surface area contributed by atoms with Crippen molar-refractivity contribution in [1.29, 1.82) is 0 Å². The van der Waals surface area contributed by atoms with Gasteiger partial charge in [-0.25, -0.2) is 5.43 Å². The average Bonchev–Trinajstić information content (AvgIpc) is 2.55. The summed E-state index contributed by atoms with van der Waals surface area (Å²) in [5, 5.41) is 6.68. The van der Waals surface area contributed by atoms with Crippen LogP contribution in [0.3, 0.4) is 0 Å². The molecule has 0 aliphatic heterocycles. The Morgan fingerprint density at radius 3 is 2.33 bits per heavy atom. The van der Waals surface area contributed by atoms with Crippen LogP contribution in [-0.2, 0) is 0 Å². The summed E-state index contributed by atoms with van der Waals surface area (Å²) in [7, 11) is 0. The third-order valence-corrected chi connectivity index (χ3v) is 3.22. The molecule has 5 heteroatoms. The summed E-state index contributed by atoms with van der Waals surface area (Å²) >= 11 is 0. The minimum absolute atomic E-state index is 0.183. The van der Waals surface area contributed by atoms with Crippen LogP contribution in [-0.4, -0.2) is 18.0 Å². The van der Waals surface area contributed by atoms with Gasteiger partial charge in [0.05, 0.1) is 0 Å². The minimum Gasteiger partial charge on any atom is -0.322 e. The Morgan fingerprint density at radius 1 is 1.00 bits per heavy atom. The van der Waals surface area contributed by atoms with Crippen molar-refractivity contribution >= 4 is 23.7 Å². The second-order valence-corrected chi connectivity index (χ2v) is 5.86. The Bertz CT molecular complexity index is 749. The highest BCUT2D eigenvalue weighted by Gasteiger charge is 2.08. The second-order valence-electron chi connectivity index (χ2n) is 5.86. The van der Waals surface area contributed by atoms with Crippen LogP contribution in [0, 0.1) is 12.8 Å². The summed E-state index contributed by atoms with van der Waals surface area (Å²) in [4.78, 5) is 24.1. The van der Waals surface area contributed by atoms with Crippen molar-refractivity contribution in [2.24, 2.45) is 11.0 Å². The fraction of sp³-hybridized carbons (Fsp3) is 0.211. The Hall–Kier alpha value is -2.95. The van der Waals surface area contributed by atoms with Gasteiger partial charge in [-0.1, -0.05) is 31.5 Å². The zero-order chi connectivity index (χ0) is 17.5. The molecule has 0 saturated heterocycles. The molecule has 2 aromatic carbocycles. The zero-order valence-corrected chi connectivity index (χ0v) is 14.0. The van der Waals surface area contributed by atoms with Crippen LogP contribution < -0.4 is 10.7 Å². The van der Waals surface area contributed by atoms with Crippen LogP contribution >= 0.6 is 0 Å². The van der Waals surface area contributed by atoms with Gasteiger partial charge in [0.2, 0.25) is 0 Å². The highest BCUT2D eigenvalue weighted by atomic mass is 16.2. The standard InChI is InChI=1S/C19H21N3O2/c1-13(2)12-20-22-19(24)15-7-9-17(10-8-15)21-18(23)16-6-4-5-14(3)11-16/h4-13H,1-3H3,(H,21,23)(H,22,24)/b20-12+.